The molecule has 0 bridgehead atoms. The number of sulfonamides is 1. The van der Waals surface area contributed by atoms with Crippen LogP contribution in [0.4, 0.5) is 10.1 Å². The molecule has 1 aliphatic rings. The maximum atomic E-state index is 14.0. The van der Waals surface area contributed by atoms with E-state index in [9.17, 15) is 38.0 Å². The molecular formula is C40H43FN2O8S. The van der Waals surface area contributed by atoms with Crippen LogP contribution in [-0.2, 0) is 27.8 Å². The molecule has 5 N–H and O–H groups in total. The van der Waals surface area contributed by atoms with Gasteiger partial charge in [0.2, 0.25) is 15.9 Å². The van der Waals surface area contributed by atoms with E-state index in [0.717, 1.165) is 17.4 Å². The number of benzene rings is 4. The van der Waals surface area contributed by atoms with Crippen molar-refractivity contribution in [2.75, 3.05) is 30.9 Å². The number of nitrogens with one attached hydrogen (secondary N) is 1. The van der Waals surface area contributed by atoms with Crippen LogP contribution in [0.25, 0.3) is 0 Å². The Morgan fingerprint density at radius 2 is 1.65 bits per heavy atom. The molecule has 0 radical (unpaired) electrons. The van der Waals surface area contributed by atoms with Gasteiger partial charge in [0.25, 0.3) is 0 Å². The Balaban J connectivity index is 1.47. The highest BCUT2D eigenvalue weighted by atomic mass is 32.2. The number of rotatable bonds is 16. The van der Waals surface area contributed by atoms with E-state index in [2.05, 4.69) is 16.6 Å². The molecule has 1 saturated heterocycles. The molecule has 0 aliphatic carbocycles. The number of ether oxygens (including phenoxy) is 1. The zero-order valence-corrected chi connectivity index (χ0v) is 29.6. The number of β-lactam (4-membered cyclic amide) rings is 1. The normalized spacial score (nSPS) is 16.5. The number of hydrogen-bond donors (Lipinski definition) is 5. The highest BCUT2D eigenvalue weighted by Gasteiger charge is 2.49. The maximum absolute atomic E-state index is 14.0. The van der Waals surface area contributed by atoms with Crippen molar-refractivity contribution in [3.63, 3.8) is 0 Å². The first-order valence-electron chi connectivity index (χ1n) is 17.0. The minimum absolute atomic E-state index is 0.143. The lowest BCUT2D eigenvalue weighted by Crippen LogP contribution is -2.55. The van der Waals surface area contributed by atoms with Gasteiger partial charge in [0.15, 0.2) is 5.60 Å². The van der Waals surface area contributed by atoms with E-state index in [1.165, 1.54) is 24.3 Å². The Hall–Kier alpha value is -4.61. The molecule has 4 aromatic rings. The lowest BCUT2D eigenvalue weighted by atomic mass is 9.77. The summed E-state index contributed by atoms with van der Waals surface area (Å²) in [7, 11) is -3.28. The number of aliphatic hydroxyl groups is 4. The van der Waals surface area contributed by atoms with Gasteiger partial charge in [-0.3, -0.25) is 4.79 Å². The third kappa shape index (κ3) is 10.0. The van der Waals surface area contributed by atoms with Gasteiger partial charge in [-0.05, 0) is 78.8 Å². The van der Waals surface area contributed by atoms with Crippen LogP contribution in [0.2, 0.25) is 0 Å². The fourth-order valence-corrected chi connectivity index (χ4v) is 6.59. The Morgan fingerprint density at radius 3 is 2.31 bits per heavy atom. The predicted octanol–water partition coefficient (Wildman–Crippen LogP) is 4.17. The van der Waals surface area contributed by atoms with E-state index >= 15 is 0 Å². The van der Waals surface area contributed by atoms with Crippen molar-refractivity contribution >= 4 is 21.6 Å². The number of carbonyl (C=O) groups is 1. The number of hydrogen-bond acceptors (Lipinski definition) is 8. The van der Waals surface area contributed by atoms with E-state index in [0.29, 0.717) is 53.9 Å². The summed E-state index contributed by atoms with van der Waals surface area (Å²) in [5, 5.41) is 40.3. The number of aliphatic hydroxyl groups excluding tert-OH is 3. The Kier molecular flexibility index (Phi) is 12.8. The third-order valence-corrected chi connectivity index (χ3v) is 9.70. The average Bonchev–Trinajstić information content (AvgIpc) is 3.14. The third-order valence-electron chi connectivity index (χ3n) is 8.97. The first kappa shape index (κ1) is 38.6. The second-order valence-corrected chi connectivity index (χ2v) is 14.8. The van der Waals surface area contributed by atoms with Crippen LogP contribution in [0.15, 0.2) is 97.1 Å². The van der Waals surface area contributed by atoms with Gasteiger partial charge < -0.3 is 30.1 Å². The monoisotopic (exact) mass is 730 g/mol. The Bertz CT molecular complexity index is 1980. The molecule has 1 unspecified atom stereocenters. The average molecular weight is 731 g/mol. The molecule has 1 amide bonds. The molecule has 1 fully saturated rings. The second kappa shape index (κ2) is 17.3. The molecule has 4 aromatic carbocycles. The van der Waals surface area contributed by atoms with Crippen molar-refractivity contribution in [3.8, 4) is 17.6 Å². The summed E-state index contributed by atoms with van der Waals surface area (Å²) in [4.78, 5) is 15.6. The summed E-state index contributed by atoms with van der Waals surface area (Å²) in [5.41, 5.74) is 2.22. The largest absolute Gasteiger partial charge is 0.488 e. The lowest BCUT2D eigenvalue weighted by molar-refractivity contribution is -0.131. The molecule has 1 heterocycles. The summed E-state index contributed by atoms with van der Waals surface area (Å²) in [6.45, 7) is -0.997. The van der Waals surface area contributed by atoms with Crippen LogP contribution in [-0.4, -0.2) is 66.4 Å². The van der Waals surface area contributed by atoms with Crippen molar-refractivity contribution in [1.29, 1.82) is 0 Å². The van der Waals surface area contributed by atoms with Crippen molar-refractivity contribution < 1.29 is 42.8 Å². The first-order chi connectivity index (χ1) is 24.9. The molecule has 0 aromatic heterocycles. The molecule has 1 aliphatic heterocycles. The predicted molar refractivity (Wildman–Crippen MR) is 195 cm³/mol. The maximum Gasteiger partial charge on any atom is 0.233 e. The molecule has 0 saturated carbocycles. The number of anilines is 1. The summed E-state index contributed by atoms with van der Waals surface area (Å²) in [6.07, 6.45) is 2.00. The summed E-state index contributed by atoms with van der Waals surface area (Å²) in [6, 6.07) is 27.4. The molecule has 52 heavy (non-hydrogen) atoms. The van der Waals surface area contributed by atoms with E-state index in [1.807, 2.05) is 54.6 Å². The number of carbonyl (C=O) groups excluding carboxylic acids is 1. The molecule has 274 valence electrons. The number of aryl methyl sites for hydroxylation is 1. The van der Waals surface area contributed by atoms with Crippen LogP contribution in [0, 0.1) is 23.6 Å². The highest BCUT2D eigenvalue weighted by molar-refractivity contribution is 7.88. The van der Waals surface area contributed by atoms with E-state index in [4.69, 9.17) is 4.74 Å². The minimum Gasteiger partial charge on any atom is -0.488 e. The summed E-state index contributed by atoms with van der Waals surface area (Å²) >= 11 is 0. The van der Waals surface area contributed by atoms with E-state index in [1.54, 1.807) is 23.1 Å². The summed E-state index contributed by atoms with van der Waals surface area (Å²) in [5.74, 6) is 4.68. The fourth-order valence-electron chi connectivity index (χ4n) is 6.07. The lowest BCUT2D eigenvalue weighted by Gasteiger charge is -2.48. The Morgan fingerprint density at radius 1 is 0.962 bits per heavy atom. The van der Waals surface area contributed by atoms with Crippen molar-refractivity contribution in [1.82, 2.24) is 4.72 Å². The zero-order chi connectivity index (χ0) is 37.3. The van der Waals surface area contributed by atoms with Crippen LogP contribution in [0.1, 0.15) is 59.2 Å². The molecule has 10 nitrogen and oxygen atoms in total. The molecule has 3 atom stereocenters. The standard InChI is InChI=1S/C40H43FN2O8S/c1-52(49,50)42-23-5-8-28-9-16-33(17-10-28)43-38(35(39(43)47)19-20-36(46)31-12-14-32(41)15-13-31)34-18-11-29(21-22-40(48,26-44)27-45)24-37(34)51-25-30-6-3-2-4-7-30/h2-4,6-7,9-18,24,35-36,38,42,44-46,48H,5,8,19-20,23,25-27H2,1H3/t35?,36-,38+/m0/s1. The molecular weight excluding hydrogens is 688 g/mol. The van der Waals surface area contributed by atoms with Crippen LogP contribution < -0.4 is 14.4 Å². The van der Waals surface area contributed by atoms with Crippen molar-refractivity contribution in [2.24, 2.45) is 5.92 Å². The smallest absolute Gasteiger partial charge is 0.233 e. The van der Waals surface area contributed by atoms with Gasteiger partial charge in [0, 0.05) is 23.4 Å². The van der Waals surface area contributed by atoms with Crippen molar-refractivity contribution in [3.05, 3.63) is 131 Å². The zero-order valence-electron chi connectivity index (χ0n) is 28.8. The Labute approximate surface area is 303 Å². The minimum atomic E-state index is -3.28. The van der Waals surface area contributed by atoms with Crippen molar-refractivity contribution in [2.45, 2.75) is 50.0 Å². The quantitative estimate of drug-likeness (QED) is 0.0654. The van der Waals surface area contributed by atoms with Crippen LogP contribution in [0.3, 0.4) is 0 Å². The van der Waals surface area contributed by atoms with Gasteiger partial charge in [0.1, 0.15) is 18.2 Å². The van der Waals surface area contributed by atoms with Crippen LogP contribution in [0.5, 0.6) is 5.75 Å². The number of amides is 1. The topological polar surface area (TPSA) is 157 Å². The van der Waals surface area contributed by atoms with Crippen LogP contribution >= 0.6 is 0 Å². The van der Waals surface area contributed by atoms with Gasteiger partial charge in [-0.25, -0.2) is 17.5 Å². The number of halogens is 1. The fraction of sp³-hybridized carbons (Fsp3) is 0.325. The first-order valence-corrected chi connectivity index (χ1v) is 18.9. The van der Waals surface area contributed by atoms with Gasteiger partial charge in [-0.15, -0.1) is 0 Å². The molecule has 5 rings (SSSR count). The second-order valence-electron chi connectivity index (χ2n) is 13.0. The highest BCUT2D eigenvalue weighted by Crippen LogP contribution is 2.49. The van der Waals surface area contributed by atoms with E-state index < -0.39 is 52.7 Å². The van der Waals surface area contributed by atoms with E-state index in [-0.39, 0.29) is 18.9 Å². The summed E-state index contributed by atoms with van der Waals surface area (Å²) < 4.78 is 45.2. The molecule has 12 heteroatoms. The van der Waals surface area contributed by atoms with Gasteiger partial charge >= 0.3 is 0 Å². The molecule has 0 spiro atoms. The SMILES string of the molecule is CS(=O)(=O)NCCCc1ccc(N2C(=O)C(CC[C@H](O)c3ccc(F)cc3)[C@H]2c2ccc(C#CC(O)(CO)CO)cc2OCc2ccccc2)cc1. The van der Waals surface area contributed by atoms with Gasteiger partial charge in [-0.2, -0.15) is 0 Å². The van der Waals surface area contributed by atoms with Gasteiger partial charge in [0.05, 0.1) is 37.5 Å². The van der Waals surface area contributed by atoms with Gasteiger partial charge in [-0.1, -0.05) is 72.5 Å². The number of nitrogens with zero attached hydrogens (tertiary/aromatic N) is 1.